The minimum Gasteiger partial charge on any atom is -0.468 e. The number of ether oxygens (including phenoxy) is 1. The monoisotopic (exact) mass is 199 g/mol. The first-order valence-corrected chi connectivity index (χ1v) is 4.36. The Bertz CT molecular complexity index is 270. The molecule has 0 aliphatic carbocycles. The summed E-state index contributed by atoms with van der Waals surface area (Å²) in [7, 11) is 0. The van der Waals surface area contributed by atoms with Crippen LogP contribution in [0.4, 0.5) is 0 Å². The second kappa shape index (κ2) is 5.41. The predicted octanol–water partition coefficient (Wildman–Crippen LogP) is 1.25. The number of carbonyl (C=O) groups excluding carboxylic acids is 1. The van der Waals surface area contributed by atoms with Crippen LogP contribution >= 0.6 is 0 Å². The van der Waals surface area contributed by atoms with Crippen molar-refractivity contribution in [2.75, 3.05) is 6.61 Å². The number of carbonyl (C=O) groups is 1. The van der Waals surface area contributed by atoms with Crippen molar-refractivity contribution in [3.63, 3.8) is 0 Å². The van der Waals surface area contributed by atoms with Gasteiger partial charge in [-0.25, -0.2) is 0 Å². The molecule has 1 aromatic heterocycles. The minimum absolute atomic E-state index is 0.0395. The number of furan rings is 1. The molecule has 0 fully saturated rings. The van der Waals surface area contributed by atoms with Gasteiger partial charge in [0.2, 0.25) is 0 Å². The van der Waals surface area contributed by atoms with Crippen LogP contribution in [0.5, 0.6) is 0 Å². The molecular weight excluding hydrogens is 186 g/mol. The summed E-state index contributed by atoms with van der Waals surface area (Å²) in [4.78, 5) is 11.1. The third-order valence-corrected chi connectivity index (χ3v) is 1.72. The molecule has 0 bridgehead atoms. The van der Waals surface area contributed by atoms with Gasteiger partial charge in [-0.2, -0.15) is 5.48 Å². The second-order valence-electron chi connectivity index (χ2n) is 2.71. The fourth-order valence-corrected chi connectivity index (χ4v) is 1.09. The Kier molecular flexibility index (Phi) is 4.15. The largest absolute Gasteiger partial charge is 0.468 e. The zero-order valence-electron chi connectivity index (χ0n) is 7.90. The SMILES string of the molecule is CCOC(=O)C[C@@H](NO)c1ccco1. The van der Waals surface area contributed by atoms with Gasteiger partial charge >= 0.3 is 5.97 Å². The first-order chi connectivity index (χ1) is 6.77. The molecule has 0 saturated carbocycles. The summed E-state index contributed by atoms with van der Waals surface area (Å²) in [5.74, 6) is 0.121. The summed E-state index contributed by atoms with van der Waals surface area (Å²) >= 11 is 0. The average Bonchev–Trinajstić information content (AvgIpc) is 2.67. The Labute approximate surface area is 81.6 Å². The van der Waals surface area contributed by atoms with Gasteiger partial charge in [-0.05, 0) is 19.1 Å². The molecular formula is C9H13NO4. The van der Waals surface area contributed by atoms with Crippen LogP contribution in [-0.2, 0) is 9.53 Å². The molecule has 5 heteroatoms. The smallest absolute Gasteiger partial charge is 0.307 e. The highest BCUT2D eigenvalue weighted by Crippen LogP contribution is 2.16. The molecule has 78 valence electrons. The van der Waals surface area contributed by atoms with Gasteiger partial charge < -0.3 is 14.4 Å². The molecule has 0 saturated heterocycles. The zero-order chi connectivity index (χ0) is 10.4. The molecule has 0 aromatic carbocycles. The van der Waals surface area contributed by atoms with Crippen molar-refractivity contribution >= 4 is 5.97 Å². The van der Waals surface area contributed by atoms with Crippen LogP contribution in [0.25, 0.3) is 0 Å². The molecule has 0 spiro atoms. The van der Waals surface area contributed by atoms with Crippen molar-refractivity contribution in [3.05, 3.63) is 24.2 Å². The van der Waals surface area contributed by atoms with Crippen LogP contribution in [0.1, 0.15) is 25.1 Å². The first kappa shape index (κ1) is 10.7. The molecule has 0 aliphatic heterocycles. The van der Waals surface area contributed by atoms with E-state index in [1.807, 2.05) is 5.48 Å². The fraction of sp³-hybridized carbons (Fsp3) is 0.444. The summed E-state index contributed by atoms with van der Waals surface area (Å²) in [6, 6.07) is 2.81. The Hall–Kier alpha value is -1.33. The Morgan fingerprint density at radius 2 is 2.57 bits per heavy atom. The maximum Gasteiger partial charge on any atom is 0.307 e. The minimum atomic E-state index is -0.552. The van der Waals surface area contributed by atoms with E-state index in [-0.39, 0.29) is 12.4 Å². The summed E-state index contributed by atoms with van der Waals surface area (Å²) in [5, 5.41) is 8.80. The molecule has 0 radical (unpaired) electrons. The number of nitrogens with one attached hydrogen (secondary N) is 1. The molecule has 1 heterocycles. The molecule has 0 aliphatic rings. The Morgan fingerprint density at radius 3 is 3.07 bits per heavy atom. The molecule has 1 atom stereocenters. The second-order valence-corrected chi connectivity index (χ2v) is 2.71. The lowest BCUT2D eigenvalue weighted by atomic mass is 10.2. The highest BCUT2D eigenvalue weighted by Gasteiger charge is 2.17. The standard InChI is InChI=1S/C9H13NO4/c1-2-13-9(11)6-7(10-12)8-4-3-5-14-8/h3-5,7,10,12H,2,6H2,1H3/t7-/m1/s1. The van der Waals surface area contributed by atoms with Crippen LogP contribution < -0.4 is 5.48 Å². The number of hydrogen-bond donors (Lipinski definition) is 2. The van der Waals surface area contributed by atoms with Gasteiger partial charge in [0.25, 0.3) is 0 Å². The van der Waals surface area contributed by atoms with E-state index in [9.17, 15) is 4.79 Å². The van der Waals surface area contributed by atoms with E-state index in [1.165, 1.54) is 6.26 Å². The molecule has 14 heavy (non-hydrogen) atoms. The third kappa shape index (κ3) is 2.86. The van der Waals surface area contributed by atoms with E-state index in [0.717, 1.165) is 0 Å². The molecule has 0 unspecified atom stereocenters. The van der Waals surface area contributed by atoms with Crippen LogP contribution in [-0.4, -0.2) is 17.8 Å². The number of hydrogen-bond acceptors (Lipinski definition) is 5. The van der Waals surface area contributed by atoms with Crippen molar-refractivity contribution in [3.8, 4) is 0 Å². The van der Waals surface area contributed by atoms with Gasteiger partial charge in [-0.15, -0.1) is 0 Å². The molecule has 1 aromatic rings. The topological polar surface area (TPSA) is 71.7 Å². The summed E-state index contributed by atoms with van der Waals surface area (Å²) in [6.07, 6.45) is 1.52. The number of hydroxylamine groups is 1. The normalized spacial score (nSPS) is 12.4. The van der Waals surface area contributed by atoms with Crippen molar-refractivity contribution < 1.29 is 19.2 Å². The maximum absolute atomic E-state index is 11.1. The Morgan fingerprint density at radius 1 is 1.79 bits per heavy atom. The van der Waals surface area contributed by atoms with E-state index in [1.54, 1.807) is 19.1 Å². The number of rotatable bonds is 5. The van der Waals surface area contributed by atoms with E-state index in [0.29, 0.717) is 12.4 Å². The molecule has 1 rings (SSSR count). The molecule has 5 nitrogen and oxygen atoms in total. The molecule has 2 N–H and O–H groups in total. The average molecular weight is 199 g/mol. The number of esters is 1. The van der Waals surface area contributed by atoms with E-state index < -0.39 is 6.04 Å². The summed E-state index contributed by atoms with van der Waals surface area (Å²) < 4.78 is 9.78. The predicted molar refractivity (Wildman–Crippen MR) is 47.6 cm³/mol. The van der Waals surface area contributed by atoms with Crippen LogP contribution in [0.3, 0.4) is 0 Å². The quantitative estimate of drug-likeness (QED) is 0.551. The lowest BCUT2D eigenvalue weighted by Gasteiger charge is -2.10. The van der Waals surface area contributed by atoms with Crippen LogP contribution in [0.15, 0.2) is 22.8 Å². The van der Waals surface area contributed by atoms with Crippen molar-refractivity contribution in [1.29, 1.82) is 0 Å². The maximum atomic E-state index is 11.1. The summed E-state index contributed by atoms with van der Waals surface area (Å²) in [5.41, 5.74) is 2.00. The highest BCUT2D eigenvalue weighted by molar-refractivity contribution is 5.70. The van der Waals surface area contributed by atoms with Gasteiger partial charge in [0, 0.05) is 0 Å². The first-order valence-electron chi connectivity index (χ1n) is 4.36. The molecule has 0 amide bonds. The van der Waals surface area contributed by atoms with Crippen molar-refractivity contribution in [2.45, 2.75) is 19.4 Å². The van der Waals surface area contributed by atoms with Crippen LogP contribution in [0, 0.1) is 0 Å². The third-order valence-electron chi connectivity index (χ3n) is 1.72. The lowest BCUT2D eigenvalue weighted by Crippen LogP contribution is -2.21. The van der Waals surface area contributed by atoms with Gasteiger partial charge in [-0.1, -0.05) is 0 Å². The Balaban J connectivity index is 2.51. The van der Waals surface area contributed by atoms with Gasteiger partial charge in [0.15, 0.2) is 0 Å². The van der Waals surface area contributed by atoms with E-state index >= 15 is 0 Å². The van der Waals surface area contributed by atoms with Crippen molar-refractivity contribution in [2.24, 2.45) is 0 Å². The lowest BCUT2D eigenvalue weighted by molar-refractivity contribution is -0.144. The highest BCUT2D eigenvalue weighted by atomic mass is 16.5. The van der Waals surface area contributed by atoms with E-state index in [4.69, 9.17) is 14.4 Å². The zero-order valence-corrected chi connectivity index (χ0v) is 7.90. The van der Waals surface area contributed by atoms with Crippen LogP contribution in [0.2, 0.25) is 0 Å². The summed E-state index contributed by atoms with van der Waals surface area (Å²) in [6.45, 7) is 2.06. The van der Waals surface area contributed by atoms with E-state index in [2.05, 4.69) is 0 Å². The fourth-order valence-electron chi connectivity index (χ4n) is 1.09. The van der Waals surface area contributed by atoms with Crippen molar-refractivity contribution in [1.82, 2.24) is 5.48 Å². The van der Waals surface area contributed by atoms with Gasteiger partial charge in [-0.3, -0.25) is 4.79 Å². The van der Waals surface area contributed by atoms with Gasteiger partial charge in [0.05, 0.1) is 19.3 Å². The van der Waals surface area contributed by atoms with Gasteiger partial charge in [0.1, 0.15) is 11.8 Å².